The van der Waals surface area contributed by atoms with E-state index in [1.54, 1.807) is 12.4 Å². The average molecular weight is 255 g/mol. The summed E-state index contributed by atoms with van der Waals surface area (Å²) < 4.78 is 5.66. The molecule has 3 unspecified atom stereocenters. The standard InChI is InChI=1S/C13H18N2O.ClH/c1-2-13(9-14-4-1)16-5-3-12-7-10-6-11(10)8-15-12;/h1-2,4,9-12,15H,3,5-8H2;1H. The summed E-state index contributed by atoms with van der Waals surface area (Å²) in [5, 5.41) is 3.60. The number of pyridine rings is 1. The molecule has 1 N–H and O–H groups in total. The predicted molar refractivity (Wildman–Crippen MR) is 69.6 cm³/mol. The minimum Gasteiger partial charge on any atom is -0.492 e. The molecule has 0 radical (unpaired) electrons. The van der Waals surface area contributed by atoms with E-state index >= 15 is 0 Å². The maximum atomic E-state index is 5.66. The van der Waals surface area contributed by atoms with Crippen LogP contribution < -0.4 is 10.1 Å². The minimum atomic E-state index is 0. The number of nitrogens with zero attached hydrogens (tertiary/aromatic N) is 1. The fourth-order valence-corrected chi connectivity index (χ4v) is 2.59. The molecule has 3 atom stereocenters. The lowest BCUT2D eigenvalue weighted by molar-refractivity contribution is 0.264. The van der Waals surface area contributed by atoms with Crippen LogP contribution in [0.2, 0.25) is 0 Å². The van der Waals surface area contributed by atoms with Gasteiger partial charge in [-0.15, -0.1) is 12.4 Å². The van der Waals surface area contributed by atoms with Crippen LogP contribution in [0.5, 0.6) is 5.75 Å². The number of rotatable bonds is 4. The Morgan fingerprint density at radius 3 is 3.06 bits per heavy atom. The van der Waals surface area contributed by atoms with Crippen LogP contribution >= 0.6 is 12.4 Å². The summed E-state index contributed by atoms with van der Waals surface area (Å²) >= 11 is 0. The van der Waals surface area contributed by atoms with Gasteiger partial charge in [0.2, 0.25) is 0 Å². The van der Waals surface area contributed by atoms with Gasteiger partial charge in [0.25, 0.3) is 0 Å². The fourth-order valence-electron chi connectivity index (χ4n) is 2.59. The predicted octanol–water partition coefficient (Wildman–Crippen LogP) is 2.27. The third-order valence-corrected chi connectivity index (χ3v) is 3.69. The van der Waals surface area contributed by atoms with E-state index in [-0.39, 0.29) is 12.4 Å². The minimum absolute atomic E-state index is 0. The molecule has 0 aromatic carbocycles. The highest BCUT2D eigenvalue weighted by Gasteiger charge is 2.41. The monoisotopic (exact) mass is 254 g/mol. The molecule has 2 heterocycles. The van der Waals surface area contributed by atoms with E-state index in [0.717, 1.165) is 30.6 Å². The van der Waals surface area contributed by atoms with Crippen LogP contribution in [-0.4, -0.2) is 24.2 Å². The Morgan fingerprint density at radius 1 is 1.35 bits per heavy atom. The molecule has 0 amide bonds. The van der Waals surface area contributed by atoms with Crippen molar-refractivity contribution in [2.45, 2.75) is 25.3 Å². The highest BCUT2D eigenvalue weighted by Crippen LogP contribution is 2.44. The molecule has 0 spiro atoms. The zero-order valence-corrected chi connectivity index (χ0v) is 10.7. The quantitative estimate of drug-likeness (QED) is 0.895. The van der Waals surface area contributed by atoms with Gasteiger partial charge in [-0.05, 0) is 49.8 Å². The second-order valence-corrected chi connectivity index (χ2v) is 4.92. The molecular weight excluding hydrogens is 236 g/mol. The Hall–Kier alpha value is -0.800. The molecule has 94 valence electrons. The normalized spacial score (nSPS) is 30.0. The summed E-state index contributed by atoms with van der Waals surface area (Å²) in [7, 11) is 0. The lowest BCUT2D eigenvalue weighted by Crippen LogP contribution is -2.36. The molecule has 2 aliphatic rings. The number of piperidine rings is 1. The van der Waals surface area contributed by atoms with E-state index < -0.39 is 0 Å². The molecule has 1 aromatic rings. The van der Waals surface area contributed by atoms with E-state index in [4.69, 9.17) is 4.74 Å². The van der Waals surface area contributed by atoms with Crippen molar-refractivity contribution in [1.29, 1.82) is 0 Å². The number of fused-ring (bicyclic) bond motifs is 1. The van der Waals surface area contributed by atoms with Crippen LogP contribution in [0, 0.1) is 11.8 Å². The molecule has 1 saturated carbocycles. The Morgan fingerprint density at radius 2 is 2.29 bits per heavy atom. The molecule has 1 aliphatic heterocycles. The van der Waals surface area contributed by atoms with Crippen LogP contribution in [0.15, 0.2) is 24.5 Å². The maximum Gasteiger partial charge on any atom is 0.137 e. The average Bonchev–Trinajstić information content (AvgIpc) is 3.09. The number of ether oxygens (including phenoxy) is 1. The van der Waals surface area contributed by atoms with E-state index in [1.807, 2.05) is 12.1 Å². The molecule has 1 aliphatic carbocycles. The van der Waals surface area contributed by atoms with Gasteiger partial charge in [-0.25, -0.2) is 0 Å². The van der Waals surface area contributed by atoms with E-state index in [0.29, 0.717) is 6.04 Å². The summed E-state index contributed by atoms with van der Waals surface area (Å²) in [5.74, 6) is 2.89. The van der Waals surface area contributed by atoms with Gasteiger partial charge in [-0.1, -0.05) is 0 Å². The van der Waals surface area contributed by atoms with Crippen molar-refractivity contribution in [2.75, 3.05) is 13.2 Å². The summed E-state index contributed by atoms with van der Waals surface area (Å²) in [5.41, 5.74) is 0. The van der Waals surface area contributed by atoms with E-state index in [9.17, 15) is 0 Å². The van der Waals surface area contributed by atoms with Crippen LogP contribution in [0.25, 0.3) is 0 Å². The third kappa shape index (κ3) is 3.33. The maximum absolute atomic E-state index is 5.66. The first-order valence-corrected chi connectivity index (χ1v) is 6.18. The first kappa shape index (κ1) is 12.7. The van der Waals surface area contributed by atoms with E-state index in [2.05, 4.69) is 10.3 Å². The first-order chi connectivity index (χ1) is 7.92. The zero-order chi connectivity index (χ0) is 10.8. The second kappa shape index (κ2) is 5.69. The van der Waals surface area contributed by atoms with Crippen LogP contribution in [0.1, 0.15) is 19.3 Å². The Balaban J connectivity index is 0.00000108. The van der Waals surface area contributed by atoms with Gasteiger partial charge in [0.15, 0.2) is 0 Å². The lowest BCUT2D eigenvalue weighted by atomic mass is 10.0. The topological polar surface area (TPSA) is 34.1 Å². The Labute approximate surface area is 108 Å². The molecule has 1 aromatic heterocycles. The Bertz CT molecular complexity index is 347. The van der Waals surface area contributed by atoms with Crippen LogP contribution in [0.3, 0.4) is 0 Å². The molecular formula is C13H19ClN2O. The van der Waals surface area contributed by atoms with Gasteiger partial charge in [0.05, 0.1) is 12.8 Å². The van der Waals surface area contributed by atoms with Gasteiger partial charge in [-0.3, -0.25) is 4.98 Å². The molecule has 2 fully saturated rings. The number of nitrogens with one attached hydrogen (secondary N) is 1. The molecule has 1 saturated heterocycles. The van der Waals surface area contributed by atoms with Crippen molar-refractivity contribution in [2.24, 2.45) is 11.8 Å². The zero-order valence-electron chi connectivity index (χ0n) is 9.84. The number of hydrogen-bond acceptors (Lipinski definition) is 3. The van der Waals surface area contributed by atoms with Gasteiger partial charge < -0.3 is 10.1 Å². The van der Waals surface area contributed by atoms with Crippen molar-refractivity contribution < 1.29 is 4.74 Å². The third-order valence-electron chi connectivity index (χ3n) is 3.69. The highest BCUT2D eigenvalue weighted by atomic mass is 35.5. The van der Waals surface area contributed by atoms with E-state index in [1.165, 1.54) is 19.4 Å². The summed E-state index contributed by atoms with van der Waals surface area (Å²) in [6.45, 7) is 2.02. The summed E-state index contributed by atoms with van der Waals surface area (Å²) in [6.07, 6.45) is 7.44. The number of hydrogen-bond donors (Lipinski definition) is 1. The van der Waals surface area contributed by atoms with Crippen LogP contribution in [-0.2, 0) is 0 Å². The van der Waals surface area contributed by atoms with Crippen molar-refractivity contribution in [3.63, 3.8) is 0 Å². The van der Waals surface area contributed by atoms with Crippen molar-refractivity contribution in [1.82, 2.24) is 10.3 Å². The summed E-state index contributed by atoms with van der Waals surface area (Å²) in [4.78, 5) is 4.03. The van der Waals surface area contributed by atoms with Gasteiger partial charge >= 0.3 is 0 Å². The summed E-state index contributed by atoms with van der Waals surface area (Å²) in [6, 6.07) is 4.53. The smallest absolute Gasteiger partial charge is 0.137 e. The molecule has 17 heavy (non-hydrogen) atoms. The van der Waals surface area contributed by atoms with Crippen LogP contribution in [0.4, 0.5) is 0 Å². The largest absolute Gasteiger partial charge is 0.492 e. The second-order valence-electron chi connectivity index (χ2n) is 4.92. The highest BCUT2D eigenvalue weighted by molar-refractivity contribution is 5.85. The molecule has 0 bridgehead atoms. The SMILES string of the molecule is Cl.c1cncc(OCCC2CC3CC3CN2)c1. The molecule has 4 heteroatoms. The molecule has 3 rings (SSSR count). The molecule has 3 nitrogen and oxygen atoms in total. The van der Waals surface area contributed by atoms with Gasteiger partial charge in [0.1, 0.15) is 5.75 Å². The number of halogens is 1. The van der Waals surface area contributed by atoms with Crippen molar-refractivity contribution in [3.05, 3.63) is 24.5 Å². The van der Waals surface area contributed by atoms with Crippen molar-refractivity contribution in [3.8, 4) is 5.75 Å². The van der Waals surface area contributed by atoms with Crippen molar-refractivity contribution >= 4 is 12.4 Å². The Kier molecular flexibility index (Phi) is 4.24. The van der Waals surface area contributed by atoms with Gasteiger partial charge in [0, 0.05) is 12.2 Å². The lowest BCUT2D eigenvalue weighted by Gasteiger charge is -2.22. The first-order valence-electron chi connectivity index (χ1n) is 6.18. The fraction of sp³-hybridized carbons (Fsp3) is 0.615. The number of aromatic nitrogens is 1. The van der Waals surface area contributed by atoms with Gasteiger partial charge in [-0.2, -0.15) is 0 Å².